The lowest BCUT2D eigenvalue weighted by molar-refractivity contribution is -0.141. The van der Waals surface area contributed by atoms with E-state index in [9.17, 15) is 14.7 Å². The first-order valence-electron chi connectivity index (χ1n) is 7.66. The van der Waals surface area contributed by atoms with Crippen LogP contribution in [0.3, 0.4) is 0 Å². The van der Waals surface area contributed by atoms with E-state index in [0.29, 0.717) is 24.4 Å². The smallest absolute Gasteiger partial charge is 0.327 e. The highest BCUT2D eigenvalue weighted by Crippen LogP contribution is 2.29. The summed E-state index contributed by atoms with van der Waals surface area (Å²) in [5, 5.41) is 9.32. The number of carboxylic acid groups (broad SMARTS) is 1. The summed E-state index contributed by atoms with van der Waals surface area (Å²) in [5.41, 5.74) is 0. The van der Waals surface area contributed by atoms with Gasteiger partial charge in [0.2, 0.25) is 0 Å². The van der Waals surface area contributed by atoms with Crippen LogP contribution in [0.2, 0.25) is 0 Å². The van der Waals surface area contributed by atoms with Crippen LogP contribution in [-0.4, -0.2) is 88.1 Å². The summed E-state index contributed by atoms with van der Waals surface area (Å²) >= 11 is 1.61. The number of urea groups is 1. The van der Waals surface area contributed by atoms with E-state index >= 15 is 0 Å². The van der Waals surface area contributed by atoms with Crippen LogP contribution in [0.15, 0.2) is 0 Å². The van der Waals surface area contributed by atoms with Crippen molar-refractivity contribution in [2.75, 3.05) is 38.2 Å². The van der Waals surface area contributed by atoms with Gasteiger partial charge in [0.05, 0.1) is 0 Å². The fourth-order valence-corrected chi connectivity index (χ4v) is 4.74. The molecule has 0 aliphatic carbocycles. The van der Waals surface area contributed by atoms with Crippen molar-refractivity contribution >= 4 is 23.8 Å². The number of carbonyl (C=O) groups is 2. The molecule has 3 saturated heterocycles. The van der Waals surface area contributed by atoms with Crippen LogP contribution in [0.5, 0.6) is 0 Å². The minimum absolute atomic E-state index is 0.0800. The number of likely N-dealkylation sites (N-methyl/N-ethyl adjacent to an activating group) is 1. The molecule has 3 rings (SSSR count). The number of thioether (sulfide) groups is 1. The van der Waals surface area contributed by atoms with E-state index in [4.69, 9.17) is 0 Å². The molecule has 0 aromatic rings. The molecule has 0 saturated carbocycles. The van der Waals surface area contributed by atoms with Gasteiger partial charge in [-0.05, 0) is 26.3 Å². The predicted molar refractivity (Wildman–Crippen MR) is 81.6 cm³/mol. The summed E-state index contributed by atoms with van der Waals surface area (Å²) in [4.78, 5) is 30.0. The normalized spacial score (nSPS) is 33.9. The molecule has 0 aromatic carbocycles. The van der Waals surface area contributed by atoms with Gasteiger partial charge in [-0.2, -0.15) is 11.8 Å². The van der Waals surface area contributed by atoms with Crippen molar-refractivity contribution in [2.45, 2.75) is 37.4 Å². The largest absolute Gasteiger partial charge is 0.480 e. The second-order valence-corrected chi connectivity index (χ2v) is 7.34. The first kappa shape index (κ1) is 15.0. The third kappa shape index (κ3) is 2.85. The lowest BCUT2D eigenvalue weighted by atomic mass is 10.1. The number of carboxylic acids is 1. The van der Waals surface area contributed by atoms with Crippen molar-refractivity contribution in [3.05, 3.63) is 0 Å². The molecule has 3 heterocycles. The summed E-state index contributed by atoms with van der Waals surface area (Å²) in [5.74, 6) is 0.444. The number of aliphatic carboxylic acids is 1. The molecule has 1 N–H and O–H groups in total. The van der Waals surface area contributed by atoms with Gasteiger partial charge in [0.25, 0.3) is 0 Å². The molecule has 3 fully saturated rings. The third-order valence-corrected chi connectivity index (χ3v) is 6.10. The number of carbonyl (C=O) groups excluding carboxylic acids is 1. The zero-order valence-electron chi connectivity index (χ0n) is 12.4. The van der Waals surface area contributed by atoms with E-state index < -0.39 is 12.0 Å². The average molecular weight is 313 g/mol. The number of rotatable bonds is 1. The van der Waals surface area contributed by atoms with Gasteiger partial charge < -0.3 is 14.9 Å². The molecule has 0 radical (unpaired) electrons. The van der Waals surface area contributed by atoms with Crippen LogP contribution in [0.25, 0.3) is 0 Å². The molecule has 2 amide bonds. The quantitative estimate of drug-likeness (QED) is 0.775. The first-order chi connectivity index (χ1) is 10.1. The molecule has 2 bridgehead atoms. The SMILES string of the molecule is CN1C2CCC1CN(C(=O)N1CCSCC1C(=O)O)CC2. The maximum atomic E-state index is 12.8. The predicted octanol–water partition coefficient (Wildman–Crippen LogP) is 0.777. The minimum Gasteiger partial charge on any atom is -0.480 e. The Bertz CT molecular complexity index is 434. The molecule has 7 heteroatoms. The summed E-state index contributed by atoms with van der Waals surface area (Å²) in [6.07, 6.45) is 3.36. The van der Waals surface area contributed by atoms with E-state index in [1.165, 1.54) is 6.42 Å². The van der Waals surface area contributed by atoms with E-state index in [0.717, 1.165) is 31.7 Å². The van der Waals surface area contributed by atoms with Gasteiger partial charge in [-0.1, -0.05) is 0 Å². The van der Waals surface area contributed by atoms with Crippen LogP contribution in [0.1, 0.15) is 19.3 Å². The molecule has 3 unspecified atom stereocenters. The van der Waals surface area contributed by atoms with Crippen molar-refractivity contribution in [2.24, 2.45) is 0 Å². The molecule has 0 aromatic heterocycles. The third-order valence-electron chi connectivity index (χ3n) is 5.08. The Morgan fingerprint density at radius 1 is 1.14 bits per heavy atom. The van der Waals surface area contributed by atoms with Crippen molar-refractivity contribution in [3.8, 4) is 0 Å². The summed E-state index contributed by atoms with van der Waals surface area (Å²) < 4.78 is 0. The van der Waals surface area contributed by atoms with Crippen molar-refractivity contribution < 1.29 is 14.7 Å². The van der Waals surface area contributed by atoms with Crippen LogP contribution in [0, 0.1) is 0 Å². The average Bonchev–Trinajstić information content (AvgIpc) is 2.71. The lowest BCUT2D eigenvalue weighted by Gasteiger charge is -2.37. The van der Waals surface area contributed by atoms with Gasteiger partial charge in [-0.3, -0.25) is 4.90 Å². The van der Waals surface area contributed by atoms with Crippen molar-refractivity contribution in [3.63, 3.8) is 0 Å². The Morgan fingerprint density at radius 2 is 1.90 bits per heavy atom. The number of amides is 2. The minimum atomic E-state index is -0.885. The van der Waals surface area contributed by atoms with Gasteiger partial charge in [0.1, 0.15) is 6.04 Å². The number of hydrogen-bond donors (Lipinski definition) is 1. The Balaban J connectivity index is 1.70. The van der Waals surface area contributed by atoms with Crippen LogP contribution >= 0.6 is 11.8 Å². The van der Waals surface area contributed by atoms with Crippen molar-refractivity contribution in [1.82, 2.24) is 14.7 Å². The highest BCUT2D eigenvalue weighted by molar-refractivity contribution is 7.99. The van der Waals surface area contributed by atoms with Crippen LogP contribution in [-0.2, 0) is 4.79 Å². The highest BCUT2D eigenvalue weighted by atomic mass is 32.2. The zero-order valence-corrected chi connectivity index (χ0v) is 13.2. The molecule has 21 heavy (non-hydrogen) atoms. The molecule has 3 atom stereocenters. The second-order valence-electron chi connectivity index (χ2n) is 6.19. The van der Waals surface area contributed by atoms with Gasteiger partial charge in [-0.25, -0.2) is 9.59 Å². The van der Waals surface area contributed by atoms with Gasteiger partial charge >= 0.3 is 12.0 Å². The molecule has 3 aliphatic heterocycles. The van der Waals surface area contributed by atoms with Crippen LogP contribution < -0.4 is 0 Å². The van der Waals surface area contributed by atoms with Crippen molar-refractivity contribution in [1.29, 1.82) is 0 Å². The first-order valence-corrected chi connectivity index (χ1v) is 8.81. The van der Waals surface area contributed by atoms with E-state index in [1.807, 2.05) is 4.90 Å². The Labute approximate surface area is 129 Å². The summed E-state index contributed by atoms with van der Waals surface area (Å²) in [6.45, 7) is 2.03. The molecule has 118 valence electrons. The fraction of sp³-hybridized carbons (Fsp3) is 0.857. The van der Waals surface area contributed by atoms with Gasteiger partial charge in [-0.15, -0.1) is 0 Å². The van der Waals surface area contributed by atoms with E-state index in [1.54, 1.807) is 16.7 Å². The molecular formula is C14H23N3O3S. The Morgan fingerprint density at radius 3 is 2.67 bits per heavy atom. The highest BCUT2D eigenvalue weighted by Gasteiger charge is 2.39. The summed E-state index contributed by atoms with van der Waals surface area (Å²) in [7, 11) is 2.15. The second kappa shape index (κ2) is 6.04. The maximum absolute atomic E-state index is 12.8. The van der Waals surface area contributed by atoms with E-state index in [-0.39, 0.29) is 6.03 Å². The van der Waals surface area contributed by atoms with Gasteiger partial charge in [0.15, 0.2) is 0 Å². The number of fused-ring (bicyclic) bond motifs is 2. The molecular weight excluding hydrogens is 290 g/mol. The maximum Gasteiger partial charge on any atom is 0.327 e. The monoisotopic (exact) mass is 313 g/mol. The van der Waals surface area contributed by atoms with E-state index in [2.05, 4.69) is 11.9 Å². The fourth-order valence-electron chi connectivity index (χ4n) is 3.70. The molecule has 0 spiro atoms. The number of nitrogens with zero attached hydrogens (tertiary/aromatic N) is 3. The number of likely N-dealkylation sites (tertiary alicyclic amines) is 1. The Kier molecular flexibility index (Phi) is 4.31. The lowest BCUT2D eigenvalue weighted by Crippen LogP contribution is -2.56. The van der Waals surface area contributed by atoms with Gasteiger partial charge in [0, 0.05) is 43.2 Å². The molecule has 3 aliphatic rings. The molecule has 6 nitrogen and oxygen atoms in total. The van der Waals surface area contributed by atoms with Crippen LogP contribution in [0.4, 0.5) is 4.79 Å². The summed E-state index contributed by atoms with van der Waals surface area (Å²) in [6, 6.07) is 0.266. The topological polar surface area (TPSA) is 64.1 Å². The zero-order chi connectivity index (χ0) is 15.0. The number of hydrogen-bond acceptors (Lipinski definition) is 4. The standard InChI is InChI=1S/C14H23N3O3S/c1-15-10-2-3-11(15)8-16(5-4-10)14(20)17-6-7-21-9-12(17)13(18)19/h10-12H,2-9H2,1H3,(H,18,19). The Hall–Kier alpha value is -0.950.